The molecule has 0 atom stereocenters. The SMILES string of the molecule is C/C=C\C.CCC.CNC.COC.CS(C)(=O)=O.CS(C)=O.CSC. The van der Waals surface area contributed by atoms with E-state index >= 15 is 0 Å². The summed E-state index contributed by atoms with van der Waals surface area (Å²) in [4.78, 5) is 0. The molecule has 0 bridgehead atoms. The van der Waals surface area contributed by atoms with E-state index in [1.54, 1.807) is 38.5 Å². The predicted molar refractivity (Wildman–Crippen MR) is 125 cm³/mol. The number of methoxy groups -OCH3 is 1. The molecule has 0 rings (SSSR count). The van der Waals surface area contributed by atoms with Crippen molar-refractivity contribution < 1.29 is 17.4 Å². The Hall–Kier alpha value is 0.110. The second-order valence-corrected chi connectivity index (χ2v) is 9.16. The zero-order valence-electron chi connectivity index (χ0n) is 19.2. The topological polar surface area (TPSA) is 72.5 Å². The van der Waals surface area contributed by atoms with Crippen LogP contribution in [0.1, 0.15) is 34.1 Å². The summed E-state index contributed by atoms with van der Waals surface area (Å²) >= 11 is 1.75. The largest absolute Gasteiger partial charge is 0.388 e. The smallest absolute Gasteiger partial charge is 0.144 e. The van der Waals surface area contributed by atoms with Crippen LogP contribution in [0.3, 0.4) is 0 Å². The molecule has 0 aromatic heterocycles. The van der Waals surface area contributed by atoms with E-state index in [1.165, 1.54) is 6.42 Å². The van der Waals surface area contributed by atoms with Gasteiger partial charge in [-0.2, -0.15) is 11.8 Å². The van der Waals surface area contributed by atoms with E-state index < -0.39 is 20.6 Å². The van der Waals surface area contributed by atoms with Gasteiger partial charge in [0.05, 0.1) is 0 Å². The van der Waals surface area contributed by atoms with Crippen molar-refractivity contribution >= 4 is 32.4 Å². The zero-order chi connectivity index (χ0) is 22.3. The standard InChI is InChI=1S/C4H8.C3H8.C2H7N.C2H6O2S.C2H6OS.C2H6O.C2H6S/c1-3-4-2;2*1-3-2;1-5(2,3)4;1-4(2)3;2*1-3-2/h3-4H,1-2H3;3H2,1-2H3;3H,1-2H3;1-2H3;1-2H3;2*1-2H3/b4-3-;;;;;;. The van der Waals surface area contributed by atoms with E-state index in [-0.39, 0.29) is 0 Å². The summed E-state index contributed by atoms with van der Waals surface area (Å²) < 4.78 is 33.1. The Morgan fingerprint density at radius 3 is 1.04 bits per heavy atom. The summed E-state index contributed by atoms with van der Waals surface area (Å²) in [6, 6.07) is 0. The minimum atomic E-state index is -2.67. The highest BCUT2D eigenvalue weighted by atomic mass is 32.2. The zero-order valence-corrected chi connectivity index (χ0v) is 21.7. The number of ether oxygens (including phenoxy) is 1. The summed E-state index contributed by atoms with van der Waals surface area (Å²) in [7, 11) is 3.72. The number of nitrogens with one attached hydrogen (secondary N) is 1. The number of allylic oxidation sites excluding steroid dienone is 2. The number of hydrogen-bond donors (Lipinski definition) is 1. The molecule has 0 saturated heterocycles. The maximum Gasteiger partial charge on any atom is 0.144 e. The molecule has 0 aromatic carbocycles. The van der Waals surface area contributed by atoms with Gasteiger partial charge in [0, 0.05) is 50.0 Å². The molecule has 0 amide bonds. The van der Waals surface area contributed by atoms with Gasteiger partial charge in [-0.05, 0) is 40.5 Å². The number of sulfone groups is 1. The van der Waals surface area contributed by atoms with Crippen LogP contribution in [0.25, 0.3) is 0 Å². The number of rotatable bonds is 0. The van der Waals surface area contributed by atoms with Gasteiger partial charge in [0.2, 0.25) is 0 Å². The van der Waals surface area contributed by atoms with E-state index in [0.717, 1.165) is 12.5 Å². The predicted octanol–water partition coefficient (Wildman–Crippen LogP) is 3.73. The summed E-state index contributed by atoms with van der Waals surface area (Å²) in [6.07, 6.45) is 14.9. The maximum absolute atomic E-state index is 9.63. The Morgan fingerprint density at radius 2 is 1.04 bits per heavy atom. The molecule has 5 nitrogen and oxygen atoms in total. The first-order chi connectivity index (χ1) is 11.3. The van der Waals surface area contributed by atoms with Crippen molar-refractivity contribution in [3.05, 3.63) is 12.2 Å². The quantitative estimate of drug-likeness (QED) is 0.596. The highest BCUT2D eigenvalue weighted by Gasteiger charge is 1.79. The van der Waals surface area contributed by atoms with Gasteiger partial charge in [0.25, 0.3) is 0 Å². The summed E-state index contributed by atoms with van der Waals surface area (Å²) in [5, 5.41) is 2.75. The van der Waals surface area contributed by atoms with Crippen molar-refractivity contribution in [1.82, 2.24) is 5.32 Å². The van der Waals surface area contributed by atoms with Gasteiger partial charge in [-0.1, -0.05) is 32.4 Å². The van der Waals surface area contributed by atoms with Crippen LogP contribution in [0, 0.1) is 0 Å². The van der Waals surface area contributed by atoms with Gasteiger partial charge in [-0.3, -0.25) is 4.21 Å². The Labute approximate surface area is 167 Å². The molecular formula is C17H47NO4S3. The fourth-order valence-corrected chi connectivity index (χ4v) is 0. The van der Waals surface area contributed by atoms with Gasteiger partial charge >= 0.3 is 0 Å². The Kier molecular flexibility index (Phi) is 100. The fraction of sp³-hybridized carbons (Fsp3) is 0.882. The van der Waals surface area contributed by atoms with Crippen LogP contribution in [-0.2, 0) is 25.4 Å². The summed E-state index contributed by atoms with van der Waals surface area (Å²) in [5.74, 6) is 0. The summed E-state index contributed by atoms with van der Waals surface area (Å²) in [5.41, 5.74) is 0. The molecule has 162 valence electrons. The van der Waals surface area contributed by atoms with Crippen molar-refractivity contribution in [3.63, 3.8) is 0 Å². The molecule has 0 aromatic rings. The Balaban J connectivity index is -0.0000000306. The second kappa shape index (κ2) is 56.4. The van der Waals surface area contributed by atoms with Crippen LogP contribution >= 0.6 is 11.8 Å². The summed E-state index contributed by atoms with van der Waals surface area (Å²) in [6.45, 7) is 8.25. The fourth-order valence-electron chi connectivity index (χ4n) is 0. The van der Waals surface area contributed by atoms with Crippen molar-refractivity contribution in [2.45, 2.75) is 34.1 Å². The molecule has 0 saturated carbocycles. The van der Waals surface area contributed by atoms with Crippen molar-refractivity contribution in [3.8, 4) is 0 Å². The molecular weight excluding hydrogens is 378 g/mol. The monoisotopic (exact) mass is 425 g/mol. The van der Waals surface area contributed by atoms with Crippen molar-refractivity contribution in [2.24, 2.45) is 0 Å². The molecule has 1 N–H and O–H groups in total. The maximum atomic E-state index is 9.63. The molecule has 0 spiro atoms. The van der Waals surface area contributed by atoms with Crippen LogP contribution in [0.4, 0.5) is 0 Å². The average molecular weight is 426 g/mol. The average Bonchev–Trinajstić information content (AvgIpc) is 2.39. The molecule has 0 unspecified atom stereocenters. The molecule has 0 radical (unpaired) electrons. The van der Waals surface area contributed by atoms with Crippen molar-refractivity contribution in [1.29, 1.82) is 0 Å². The molecule has 0 heterocycles. The Bertz CT molecular complexity index is 270. The molecule has 25 heavy (non-hydrogen) atoms. The van der Waals surface area contributed by atoms with E-state index in [9.17, 15) is 12.6 Å². The second-order valence-electron chi connectivity index (χ2n) is 4.57. The lowest BCUT2D eigenvalue weighted by Gasteiger charge is -1.69. The van der Waals surface area contributed by atoms with Crippen LogP contribution in [0.5, 0.6) is 0 Å². The third kappa shape index (κ3) is 9570. The van der Waals surface area contributed by atoms with Gasteiger partial charge in [-0.15, -0.1) is 0 Å². The first-order valence-electron chi connectivity index (χ1n) is 7.67. The first-order valence-corrected chi connectivity index (χ1v) is 13.6. The third-order valence-corrected chi connectivity index (χ3v) is 0.333. The molecule has 0 aliphatic heterocycles. The van der Waals surface area contributed by atoms with Gasteiger partial charge in [-0.25, -0.2) is 8.42 Å². The van der Waals surface area contributed by atoms with Gasteiger partial charge in [0.1, 0.15) is 9.84 Å². The van der Waals surface area contributed by atoms with E-state index in [4.69, 9.17) is 0 Å². The molecule has 0 aliphatic carbocycles. The lowest BCUT2D eigenvalue weighted by atomic mass is 10.6. The minimum absolute atomic E-state index is 0.611. The van der Waals surface area contributed by atoms with Crippen LogP contribution in [0.2, 0.25) is 0 Å². The minimum Gasteiger partial charge on any atom is -0.388 e. The Morgan fingerprint density at radius 1 is 1.00 bits per heavy atom. The third-order valence-electron chi connectivity index (χ3n) is 0.333. The molecule has 0 fully saturated rings. The molecule has 8 heteroatoms. The van der Waals surface area contributed by atoms with Crippen LogP contribution < -0.4 is 5.32 Å². The molecule has 0 aliphatic rings. The van der Waals surface area contributed by atoms with E-state index in [1.807, 2.05) is 52.6 Å². The van der Waals surface area contributed by atoms with E-state index in [2.05, 4.69) is 23.9 Å². The van der Waals surface area contributed by atoms with Gasteiger partial charge in [0.15, 0.2) is 0 Å². The lowest BCUT2D eigenvalue weighted by Crippen LogP contribution is -1.89. The van der Waals surface area contributed by atoms with Crippen LogP contribution in [-0.4, -0.2) is 78.5 Å². The normalized spacial score (nSPS) is 8.12. The van der Waals surface area contributed by atoms with Crippen molar-refractivity contribution in [2.75, 3.05) is 65.8 Å². The highest BCUT2D eigenvalue weighted by molar-refractivity contribution is 7.97. The lowest BCUT2D eigenvalue weighted by molar-refractivity contribution is 0.277. The highest BCUT2D eigenvalue weighted by Crippen LogP contribution is 1.70. The van der Waals surface area contributed by atoms with Crippen LogP contribution in [0.15, 0.2) is 12.2 Å². The number of thioether (sulfide) groups is 1. The van der Waals surface area contributed by atoms with E-state index in [0.29, 0.717) is 0 Å². The van der Waals surface area contributed by atoms with Gasteiger partial charge < -0.3 is 10.1 Å². The number of hydrogen-bond acceptors (Lipinski definition) is 6. The first kappa shape index (κ1) is 44.5.